The Kier molecular flexibility index (Phi) is 3.31. The van der Waals surface area contributed by atoms with Crippen molar-refractivity contribution in [3.8, 4) is 0 Å². The second kappa shape index (κ2) is 4.68. The van der Waals surface area contributed by atoms with Crippen LogP contribution >= 0.6 is 23.2 Å². The molecule has 2 fully saturated rings. The lowest BCUT2D eigenvalue weighted by Crippen LogP contribution is -2.31. The molecule has 18 heavy (non-hydrogen) atoms. The van der Waals surface area contributed by atoms with Crippen LogP contribution in [-0.4, -0.2) is 26.3 Å². The van der Waals surface area contributed by atoms with Crippen molar-refractivity contribution in [2.24, 2.45) is 5.92 Å². The third kappa shape index (κ3) is 1.87. The second-order valence-corrected chi connectivity index (χ2v) is 6.22. The van der Waals surface area contributed by atoms with Crippen molar-refractivity contribution < 1.29 is 4.74 Å². The zero-order valence-electron chi connectivity index (χ0n) is 10.4. The highest BCUT2D eigenvalue weighted by Crippen LogP contribution is 2.49. The van der Waals surface area contributed by atoms with Gasteiger partial charge in [0, 0.05) is 19.1 Å². The van der Waals surface area contributed by atoms with Crippen molar-refractivity contribution in [3.63, 3.8) is 0 Å². The fourth-order valence-corrected chi connectivity index (χ4v) is 3.90. The van der Waals surface area contributed by atoms with Gasteiger partial charge >= 0.3 is 0 Å². The molecule has 1 aliphatic carbocycles. The first kappa shape index (κ1) is 12.7. The number of rotatable bonds is 2. The Bertz CT molecular complexity index is 465. The number of benzene rings is 1. The molecule has 1 heterocycles. The topological polar surface area (TPSA) is 21.3 Å². The first-order chi connectivity index (χ1) is 8.65. The lowest BCUT2D eigenvalue weighted by molar-refractivity contribution is 0.100. The second-order valence-electron chi connectivity index (χ2n) is 5.41. The van der Waals surface area contributed by atoms with E-state index >= 15 is 0 Å². The smallest absolute Gasteiger partial charge is 0.0595 e. The predicted octanol–water partition coefficient (Wildman–Crippen LogP) is 3.26. The van der Waals surface area contributed by atoms with E-state index in [2.05, 4.69) is 11.4 Å². The lowest BCUT2D eigenvalue weighted by atomic mass is 9.74. The molecule has 0 radical (unpaired) electrons. The molecular formula is C14H17Cl2NO. The van der Waals surface area contributed by atoms with Gasteiger partial charge in [0.05, 0.1) is 16.1 Å². The number of ether oxygens (including phenoxy) is 1. The summed E-state index contributed by atoms with van der Waals surface area (Å²) < 4.78 is 5.56. The van der Waals surface area contributed by atoms with Crippen molar-refractivity contribution >= 4 is 23.2 Å². The number of hydrogen-bond acceptors (Lipinski definition) is 2. The molecule has 1 aliphatic heterocycles. The number of halogens is 2. The van der Waals surface area contributed by atoms with Gasteiger partial charge in [-0.15, -0.1) is 0 Å². The normalized spacial score (nSPS) is 34.8. The SMILES string of the molecule is CO[C@H]1C[C@H]2CNC[C@@]2(c2ccc(Cl)c(Cl)c2)C1. The fourth-order valence-electron chi connectivity index (χ4n) is 3.60. The standard InChI is InChI=1S/C14H17Cl2NO/c1-18-11-4-10-7-17-8-14(10,6-11)9-2-3-12(15)13(16)5-9/h2-3,5,10-11,17H,4,6-8H2,1H3/t10-,11-,14+/m0/s1. The van der Waals surface area contributed by atoms with Gasteiger partial charge in [0.25, 0.3) is 0 Å². The third-order valence-corrected chi connectivity index (χ3v) is 5.32. The molecule has 0 unspecified atom stereocenters. The van der Waals surface area contributed by atoms with Gasteiger partial charge in [-0.1, -0.05) is 29.3 Å². The van der Waals surface area contributed by atoms with E-state index in [0.717, 1.165) is 25.9 Å². The van der Waals surface area contributed by atoms with Crippen LogP contribution in [0.5, 0.6) is 0 Å². The number of hydrogen-bond donors (Lipinski definition) is 1. The molecule has 0 amide bonds. The molecule has 1 aromatic carbocycles. The summed E-state index contributed by atoms with van der Waals surface area (Å²) in [6, 6.07) is 6.05. The summed E-state index contributed by atoms with van der Waals surface area (Å²) >= 11 is 12.2. The van der Waals surface area contributed by atoms with Crippen LogP contribution in [-0.2, 0) is 10.2 Å². The molecule has 0 bridgehead atoms. The summed E-state index contributed by atoms with van der Waals surface area (Å²) in [6.07, 6.45) is 2.56. The van der Waals surface area contributed by atoms with E-state index in [1.807, 2.05) is 19.2 Å². The van der Waals surface area contributed by atoms with Crippen LogP contribution in [0.15, 0.2) is 18.2 Å². The molecule has 1 saturated heterocycles. The Labute approximate surface area is 118 Å². The maximum atomic E-state index is 6.17. The van der Waals surface area contributed by atoms with E-state index in [-0.39, 0.29) is 5.41 Å². The molecule has 2 aliphatic rings. The van der Waals surface area contributed by atoms with Gasteiger partial charge in [0.1, 0.15) is 0 Å². The Morgan fingerprint density at radius 3 is 2.89 bits per heavy atom. The van der Waals surface area contributed by atoms with Crippen molar-refractivity contribution in [3.05, 3.63) is 33.8 Å². The molecule has 98 valence electrons. The molecule has 1 aromatic rings. The van der Waals surface area contributed by atoms with Gasteiger partial charge in [-0.05, 0) is 43.0 Å². The first-order valence-electron chi connectivity index (χ1n) is 6.35. The largest absolute Gasteiger partial charge is 0.381 e. The van der Waals surface area contributed by atoms with Crippen molar-refractivity contribution in [1.82, 2.24) is 5.32 Å². The number of methoxy groups -OCH3 is 1. The molecule has 2 nitrogen and oxygen atoms in total. The number of fused-ring (bicyclic) bond motifs is 1. The van der Waals surface area contributed by atoms with Crippen LogP contribution in [0.2, 0.25) is 10.0 Å². The zero-order chi connectivity index (χ0) is 12.8. The Balaban J connectivity index is 1.99. The highest BCUT2D eigenvalue weighted by molar-refractivity contribution is 6.42. The average molecular weight is 286 g/mol. The van der Waals surface area contributed by atoms with Crippen molar-refractivity contribution in [1.29, 1.82) is 0 Å². The van der Waals surface area contributed by atoms with Gasteiger partial charge < -0.3 is 10.1 Å². The molecule has 3 atom stereocenters. The lowest BCUT2D eigenvalue weighted by Gasteiger charge is -2.29. The monoisotopic (exact) mass is 285 g/mol. The highest BCUT2D eigenvalue weighted by atomic mass is 35.5. The van der Waals surface area contributed by atoms with E-state index in [4.69, 9.17) is 27.9 Å². The van der Waals surface area contributed by atoms with Crippen LogP contribution in [0.1, 0.15) is 18.4 Å². The maximum absolute atomic E-state index is 6.17. The molecule has 4 heteroatoms. The Morgan fingerprint density at radius 1 is 1.33 bits per heavy atom. The summed E-state index contributed by atoms with van der Waals surface area (Å²) in [5.74, 6) is 0.639. The van der Waals surface area contributed by atoms with Crippen LogP contribution in [0.25, 0.3) is 0 Å². The van der Waals surface area contributed by atoms with E-state index in [0.29, 0.717) is 22.1 Å². The minimum Gasteiger partial charge on any atom is -0.381 e. The van der Waals surface area contributed by atoms with Gasteiger partial charge in [0.2, 0.25) is 0 Å². The molecule has 0 aromatic heterocycles. The van der Waals surface area contributed by atoms with Gasteiger partial charge in [-0.2, -0.15) is 0 Å². The van der Waals surface area contributed by atoms with E-state index < -0.39 is 0 Å². The van der Waals surface area contributed by atoms with Crippen LogP contribution in [0.3, 0.4) is 0 Å². The molecule has 1 saturated carbocycles. The quantitative estimate of drug-likeness (QED) is 0.901. The summed E-state index contributed by atoms with van der Waals surface area (Å²) in [5.41, 5.74) is 1.47. The summed E-state index contributed by atoms with van der Waals surface area (Å²) in [5, 5.41) is 4.78. The molecule has 3 rings (SSSR count). The van der Waals surface area contributed by atoms with Crippen LogP contribution < -0.4 is 5.32 Å². The minimum absolute atomic E-state index is 0.176. The maximum Gasteiger partial charge on any atom is 0.0595 e. The van der Waals surface area contributed by atoms with Crippen molar-refractivity contribution in [2.45, 2.75) is 24.4 Å². The Hall–Kier alpha value is -0.280. The third-order valence-electron chi connectivity index (χ3n) is 4.58. The summed E-state index contributed by atoms with van der Waals surface area (Å²) in [7, 11) is 1.81. The molecular weight excluding hydrogens is 269 g/mol. The van der Waals surface area contributed by atoms with Crippen molar-refractivity contribution in [2.75, 3.05) is 20.2 Å². The zero-order valence-corrected chi connectivity index (χ0v) is 11.9. The molecule has 0 spiro atoms. The van der Waals surface area contributed by atoms with E-state index in [1.54, 1.807) is 0 Å². The van der Waals surface area contributed by atoms with E-state index in [1.165, 1.54) is 5.56 Å². The predicted molar refractivity (Wildman–Crippen MR) is 74.5 cm³/mol. The summed E-state index contributed by atoms with van der Waals surface area (Å²) in [4.78, 5) is 0. The van der Waals surface area contributed by atoms with Crippen LogP contribution in [0, 0.1) is 5.92 Å². The van der Waals surface area contributed by atoms with Gasteiger partial charge in [-0.25, -0.2) is 0 Å². The highest BCUT2D eigenvalue weighted by Gasteiger charge is 2.51. The Morgan fingerprint density at radius 2 is 2.17 bits per heavy atom. The minimum atomic E-state index is 0.176. The first-order valence-corrected chi connectivity index (χ1v) is 7.10. The molecule has 1 N–H and O–H groups in total. The van der Waals surface area contributed by atoms with Gasteiger partial charge in [0.15, 0.2) is 0 Å². The summed E-state index contributed by atoms with van der Waals surface area (Å²) in [6.45, 7) is 2.08. The fraction of sp³-hybridized carbons (Fsp3) is 0.571. The van der Waals surface area contributed by atoms with Crippen LogP contribution in [0.4, 0.5) is 0 Å². The average Bonchev–Trinajstić information content (AvgIpc) is 2.89. The van der Waals surface area contributed by atoms with E-state index in [9.17, 15) is 0 Å². The van der Waals surface area contributed by atoms with Gasteiger partial charge in [-0.3, -0.25) is 0 Å². The number of nitrogens with one attached hydrogen (secondary N) is 1.